The summed E-state index contributed by atoms with van der Waals surface area (Å²) in [5.41, 5.74) is 0.350. The summed E-state index contributed by atoms with van der Waals surface area (Å²) in [5.74, 6) is 0.291. The Kier molecular flexibility index (Phi) is 5.20. The van der Waals surface area contributed by atoms with Crippen molar-refractivity contribution in [3.8, 4) is 11.5 Å². The molecule has 130 valence electrons. The lowest BCUT2D eigenvalue weighted by Crippen LogP contribution is -2.51. The van der Waals surface area contributed by atoms with Crippen molar-refractivity contribution in [3.63, 3.8) is 0 Å². The van der Waals surface area contributed by atoms with Crippen LogP contribution in [-0.4, -0.2) is 42.4 Å². The third-order valence-electron chi connectivity index (χ3n) is 4.39. The first-order valence-corrected chi connectivity index (χ1v) is 8.29. The second-order valence-corrected chi connectivity index (χ2v) is 6.12. The minimum Gasteiger partial charge on any atom is -0.454 e. The lowest BCUT2D eigenvalue weighted by atomic mass is 9.95. The molecule has 1 saturated carbocycles. The molecule has 1 aliphatic carbocycles. The van der Waals surface area contributed by atoms with Crippen molar-refractivity contribution in [2.24, 2.45) is 0 Å². The smallest absolute Gasteiger partial charge is 0.252 e. The largest absolute Gasteiger partial charge is 0.454 e. The molecular formula is C17H22N2O5. The first-order chi connectivity index (χ1) is 11.7. The first-order valence-electron chi connectivity index (χ1n) is 8.29. The molecule has 0 bridgehead atoms. The van der Waals surface area contributed by atoms with Gasteiger partial charge in [-0.3, -0.25) is 9.59 Å². The van der Waals surface area contributed by atoms with E-state index in [2.05, 4.69) is 10.6 Å². The molecule has 3 N–H and O–H groups in total. The van der Waals surface area contributed by atoms with Crippen molar-refractivity contribution in [3.05, 3.63) is 23.8 Å². The number of rotatable bonds is 5. The second kappa shape index (κ2) is 7.53. The zero-order chi connectivity index (χ0) is 16.9. The van der Waals surface area contributed by atoms with Crippen molar-refractivity contribution in [2.45, 2.75) is 44.2 Å². The number of ether oxygens (including phenoxy) is 2. The topological polar surface area (TPSA) is 96.9 Å². The van der Waals surface area contributed by atoms with E-state index < -0.39 is 18.6 Å². The average Bonchev–Trinajstić information content (AvgIpc) is 3.07. The predicted molar refractivity (Wildman–Crippen MR) is 85.9 cm³/mol. The van der Waals surface area contributed by atoms with Crippen LogP contribution < -0.4 is 20.1 Å². The summed E-state index contributed by atoms with van der Waals surface area (Å²) in [6, 6.07) is 3.96. The van der Waals surface area contributed by atoms with Crippen LogP contribution in [0.3, 0.4) is 0 Å². The molecule has 24 heavy (non-hydrogen) atoms. The van der Waals surface area contributed by atoms with Gasteiger partial charge in [0.05, 0.1) is 6.61 Å². The Hall–Kier alpha value is -2.28. The Morgan fingerprint density at radius 1 is 1.17 bits per heavy atom. The summed E-state index contributed by atoms with van der Waals surface area (Å²) in [6.07, 6.45) is 5.27. The molecule has 1 aromatic carbocycles. The molecule has 0 aromatic heterocycles. The number of hydrogen-bond acceptors (Lipinski definition) is 5. The van der Waals surface area contributed by atoms with E-state index in [9.17, 15) is 14.7 Å². The van der Waals surface area contributed by atoms with Crippen molar-refractivity contribution in [1.29, 1.82) is 0 Å². The van der Waals surface area contributed by atoms with Gasteiger partial charge in [0.1, 0.15) is 6.04 Å². The number of hydrogen-bond donors (Lipinski definition) is 3. The van der Waals surface area contributed by atoms with Gasteiger partial charge in [0.2, 0.25) is 12.7 Å². The molecule has 7 heteroatoms. The van der Waals surface area contributed by atoms with Crippen molar-refractivity contribution in [2.75, 3.05) is 13.4 Å². The highest BCUT2D eigenvalue weighted by Gasteiger charge is 2.25. The molecule has 1 atom stereocenters. The quantitative estimate of drug-likeness (QED) is 0.745. The Bertz CT molecular complexity index is 613. The van der Waals surface area contributed by atoms with Crippen LogP contribution in [0.5, 0.6) is 11.5 Å². The Morgan fingerprint density at radius 2 is 1.92 bits per heavy atom. The highest BCUT2D eigenvalue weighted by molar-refractivity contribution is 5.98. The van der Waals surface area contributed by atoms with E-state index in [-0.39, 0.29) is 18.7 Å². The summed E-state index contributed by atoms with van der Waals surface area (Å²) in [7, 11) is 0. The monoisotopic (exact) mass is 334 g/mol. The Balaban J connectivity index is 1.59. The molecule has 2 aliphatic rings. The zero-order valence-corrected chi connectivity index (χ0v) is 13.4. The molecular weight excluding hydrogens is 312 g/mol. The minimum atomic E-state index is -0.968. The fourth-order valence-corrected chi connectivity index (χ4v) is 3.02. The van der Waals surface area contributed by atoms with Crippen LogP contribution in [0.15, 0.2) is 18.2 Å². The van der Waals surface area contributed by atoms with Gasteiger partial charge in [0.25, 0.3) is 5.91 Å². The van der Waals surface area contributed by atoms with E-state index in [0.29, 0.717) is 17.1 Å². The van der Waals surface area contributed by atoms with E-state index in [1.807, 2.05) is 0 Å². The van der Waals surface area contributed by atoms with E-state index in [0.717, 1.165) is 25.7 Å². The van der Waals surface area contributed by atoms with Gasteiger partial charge in [-0.15, -0.1) is 0 Å². The van der Waals surface area contributed by atoms with Crippen LogP contribution in [0.4, 0.5) is 0 Å². The minimum absolute atomic E-state index is 0.128. The third kappa shape index (κ3) is 3.79. The highest BCUT2D eigenvalue weighted by Crippen LogP contribution is 2.32. The van der Waals surface area contributed by atoms with E-state index in [1.165, 1.54) is 6.42 Å². The summed E-state index contributed by atoms with van der Waals surface area (Å²) in [4.78, 5) is 24.6. The summed E-state index contributed by atoms with van der Waals surface area (Å²) >= 11 is 0. The molecule has 0 radical (unpaired) electrons. The fraction of sp³-hybridized carbons (Fsp3) is 0.529. The number of nitrogens with one attached hydrogen (secondary N) is 2. The van der Waals surface area contributed by atoms with E-state index >= 15 is 0 Å². The number of amides is 2. The number of carbonyl (C=O) groups excluding carboxylic acids is 2. The SMILES string of the molecule is O=C(N[C@@H](CO)C(=O)NC1CCCCC1)c1ccc2c(c1)OCO2. The molecule has 7 nitrogen and oxygen atoms in total. The van der Waals surface area contributed by atoms with Gasteiger partial charge < -0.3 is 25.2 Å². The Labute approximate surface area is 140 Å². The van der Waals surface area contributed by atoms with Gasteiger partial charge in [-0.1, -0.05) is 19.3 Å². The molecule has 1 aromatic rings. The Morgan fingerprint density at radius 3 is 2.67 bits per heavy atom. The van der Waals surface area contributed by atoms with Gasteiger partial charge in [0, 0.05) is 11.6 Å². The van der Waals surface area contributed by atoms with Crippen molar-refractivity contribution < 1.29 is 24.2 Å². The lowest BCUT2D eigenvalue weighted by molar-refractivity contribution is -0.124. The maximum absolute atomic E-state index is 12.3. The zero-order valence-electron chi connectivity index (χ0n) is 13.4. The molecule has 3 rings (SSSR count). The standard InChI is InChI=1S/C17H22N2O5/c20-9-13(17(22)18-12-4-2-1-3-5-12)19-16(21)11-6-7-14-15(8-11)24-10-23-14/h6-8,12-13,20H,1-5,9-10H2,(H,18,22)(H,19,21)/t13-/m0/s1. The molecule has 0 saturated heterocycles. The van der Waals surface area contributed by atoms with Crippen LogP contribution in [0.25, 0.3) is 0 Å². The molecule has 2 amide bonds. The van der Waals surface area contributed by atoms with Gasteiger partial charge >= 0.3 is 0 Å². The number of carbonyl (C=O) groups is 2. The normalized spacial score (nSPS) is 18.0. The molecule has 1 aliphatic heterocycles. The van der Waals surface area contributed by atoms with E-state index in [1.54, 1.807) is 18.2 Å². The lowest BCUT2D eigenvalue weighted by Gasteiger charge is -2.25. The number of fused-ring (bicyclic) bond motifs is 1. The number of aliphatic hydroxyl groups excluding tert-OH is 1. The molecule has 0 unspecified atom stereocenters. The van der Waals surface area contributed by atoms with Gasteiger partial charge in [0.15, 0.2) is 11.5 Å². The number of aliphatic hydroxyl groups is 1. The van der Waals surface area contributed by atoms with Crippen LogP contribution in [0, 0.1) is 0 Å². The molecule has 1 fully saturated rings. The third-order valence-corrected chi connectivity index (χ3v) is 4.39. The fourth-order valence-electron chi connectivity index (χ4n) is 3.02. The van der Waals surface area contributed by atoms with Crippen LogP contribution in [0.1, 0.15) is 42.5 Å². The number of benzene rings is 1. The average molecular weight is 334 g/mol. The second-order valence-electron chi connectivity index (χ2n) is 6.12. The first kappa shape index (κ1) is 16.6. The van der Waals surface area contributed by atoms with Crippen LogP contribution in [-0.2, 0) is 4.79 Å². The van der Waals surface area contributed by atoms with Gasteiger partial charge in [-0.25, -0.2) is 0 Å². The molecule has 0 spiro atoms. The van der Waals surface area contributed by atoms with Crippen LogP contribution in [0.2, 0.25) is 0 Å². The van der Waals surface area contributed by atoms with Crippen molar-refractivity contribution in [1.82, 2.24) is 10.6 Å². The van der Waals surface area contributed by atoms with Gasteiger partial charge in [-0.05, 0) is 31.0 Å². The maximum Gasteiger partial charge on any atom is 0.252 e. The highest BCUT2D eigenvalue weighted by atomic mass is 16.7. The van der Waals surface area contributed by atoms with Crippen LogP contribution >= 0.6 is 0 Å². The molecule has 1 heterocycles. The predicted octanol–water partition coefficient (Wildman–Crippen LogP) is 0.955. The van der Waals surface area contributed by atoms with Gasteiger partial charge in [-0.2, -0.15) is 0 Å². The van der Waals surface area contributed by atoms with E-state index in [4.69, 9.17) is 9.47 Å². The van der Waals surface area contributed by atoms with Crippen molar-refractivity contribution >= 4 is 11.8 Å². The maximum atomic E-state index is 12.3. The summed E-state index contributed by atoms with van der Waals surface area (Å²) in [6.45, 7) is -0.321. The summed E-state index contributed by atoms with van der Waals surface area (Å²) < 4.78 is 10.4. The summed E-state index contributed by atoms with van der Waals surface area (Å²) in [5, 5.41) is 14.9.